The van der Waals surface area contributed by atoms with E-state index in [2.05, 4.69) is 15.7 Å². The largest absolute Gasteiger partial charge is 0.494 e. The molecular formula is C22H22N4O3. The van der Waals surface area contributed by atoms with Gasteiger partial charge >= 0.3 is 0 Å². The van der Waals surface area contributed by atoms with Gasteiger partial charge in [-0.1, -0.05) is 0 Å². The van der Waals surface area contributed by atoms with E-state index in [-0.39, 0.29) is 11.8 Å². The van der Waals surface area contributed by atoms with Gasteiger partial charge in [-0.2, -0.15) is 5.10 Å². The van der Waals surface area contributed by atoms with E-state index in [1.807, 2.05) is 54.7 Å². The molecule has 0 atom stereocenters. The number of ether oxygens (including phenoxy) is 1. The normalized spacial score (nSPS) is 12.8. The summed E-state index contributed by atoms with van der Waals surface area (Å²) < 4.78 is 7.52. The van der Waals surface area contributed by atoms with Gasteiger partial charge < -0.3 is 15.4 Å². The Hall–Kier alpha value is -3.61. The van der Waals surface area contributed by atoms with Gasteiger partial charge in [-0.15, -0.1) is 0 Å². The molecule has 7 nitrogen and oxygen atoms in total. The number of rotatable bonds is 7. The van der Waals surface area contributed by atoms with E-state index in [0.29, 0.717) is 25.9 Å². The van der Waals surface area contributed by atoms with Crippen LogP contribution in [0.3, 0.4) is 0 Å². The average Bonchev–Trinajstić information content (AvgIpc) is 3.27. The second kappa shape index (κ2) is 8.60. The number of hydrogen-bond acceptors (Lipinski definition) is 4. The molecule has 7 heteroatoms. The predicted molar refractivity (Wildman–Crippen MR) is 110 cm³/mol. The van der Waals surface area contributed by atoms with Gasteiger partial charge in [0.2, 0.25) is 11.8 Å². The molecule has 0 spiro atoms. The Morgan fingerprint density at radius 3 is 2.83 bits per heavy atom. The topological polar surface area (TPSA) is 85.3 Å². The predicted octanol–water partition coefficient (Wildman–Crippen LogP) is 3.55. The number of carbonyl (C=O) groups excluding carboxylic acids is 2. The van der Waals surface area contributed by atoms with Crippen LogP contribution < -0.4 is 15.4 Å². The molecule has 0 bridgehead atoms. The quantitative estimate of drug-likeness (QED) is 0.604. The molecule has 29 heavy (non-hydrogen) atoms. The average molecular weight is 390 g/mol. The molecule has 4 rings (SSSR count). The van der Waals surface area contributed by atoms with Crippen molar-refractivity contribution in [2.75, 3.05) is 17.2 Å². The smallest absolute Gasteiger partial charge is 0.224 e. The highest BCUT2D eigenvalue weighted by molar-refractivity contribution is 5.94. The maximum Gasteiger partial charge on any atom is 0.224 e. The fourth-order valence-corrected chi connectivity index (χ4v) is 3.21. The Labute approximate surface area is 168 Å². The summed E-state index contributed by atoms with van der Waals surface area (Å²) in [6.07, 6.45) is 5.80. The molecule has 0 saturated carbocycles. The number of hydrogen-bond donors (Lipinski definition) is 2. The number of aryl methyl sites for hydroxylation is 1. The molecule has 148 valence electrons. The Bertz CT molecular complexity index is 997. The Balaban J connectivity index is 1.21. The highest BCUT2D eigenvalue weighted by Gasteiger charge is 2.15. The zero-order chi connectivity index (χ0) is 20.1. The van der Waals surface area contributed by atoms with E-state index < -0.39 is 0 Å². The summed E-state index contributed by atoms with van der Waals surface area (Å²) in [4.78, 5) is 23.5. The number of nitrogens with one attached hydrogen (secondary N) is 2. The van der Waals surface area contributed by atoms with Crippen molar-refractivity contribution >= 4 is 23.2 Å². The van der Waals surface area contributed by atoms with Gasteiger partial charge in [-0.05, 0) is 66.9 Å². The highest BCUT2D eigenvalue weighted by Crippen LogP contribution is 2.26. The van der Waals surface area contributed by atoms with Crippen molar-refractivity contribution in [2.45, 2.75) is 25.7 Å². The fraction of sp³-hybridized carbons (Fsp3) is 0.227. The van der Waals surface area contributed by atoms with Crippen LogP contribution in [-0.2, 0) is 16.0 Å². The third-order valence-electron chi connectivity index (χ3n) is 4.71. The SMILES string of the molecule is O=C(CCCOc1ccc2c(c1)CCC(=O)N2)Nc1ccc(-n2cccn2)cc1. The summed E-state index contributed by atoms with van der Waals surface area (Å²) >= 11 is 0. The minimum atomic E-state index is -0.0476. The van der Waals surface area contributed by atoms with Gasteiger partial charge in [-0.3, -0.25) is 9.59 Å². The lowest BCUT2D eigenvalue weighted by atomic mass is 10.0. The second-order valence-corrected chi connectivity index (χ2v) is 6.86. The van der Waals surface area contributed by atoms with Crippen molar-refractivity contribution in [2.24, 2.45) is 0 Å². The highest BCUT2D eigenvalue weighted by atomic mass is 16.5. The number of nitrogens with zero attached hydrogens (tertiary/aromatic N) is 2. The Morgan fingerprint density at radius 1 is 1.17 bits per heavy atom. The minimum Gasteiger partial charge on any atom is -0.494 e. The summed E-state index contributed by atoms with van der Waals surface area (Å²) in [5.74, 6) is 0.760. The van der Waals surface area contributed by atoms with E-state index in [4.69, 9.17) is 4.74 Å². The number of anilines is 2. The summed E-state index contributed by atoms with van der Waals surface area (Å²) in [6.45, 7) is 0.455. The molecule has 0 saturated heterocycles. The van der Waals surface area contributed by atoms with Crippen molar-refractivity contribution in [1.82, 2.24) is 9.78 Å². The lowest BCUT2D eigenvalue weighted by molar-refractivity contribution is -0.117. The molecule has 2 amide bonds. The number of benzene rings is 2. The monoisotopic (exact) mass is 390 g/mol. The van der Waals surface area contributed by atoms with Gasteiger partial charge in [0.05, 0.1) is 12.3 Å². The molecule has 1 aliphatic heterocycles. The maximum absolute atomic E-state index is 12.1. The second-order valence-electron chi connectivity index (χ2n) is 6.86. The number of carbonyl (C=O) groups is 2. The minimum absolute atomic E-state index is 0.0476. The van der Waals surface area contributed by atoms with Crippen molar-refractivity contribution < 1.29 is 14.3 Å². The molecule has 0 aliphatic carbocycles. The molecule has 1 aliphatic rings. The van der Waals surface area contributed by atoms with Crippen LogP contribution in [0.1, 0.15) is 24.8 Å². The Morgan fingerprint density at radius 2 is 2.03 bits per heavy atom. The first-order chi connectivity index (χ1) is 14.2. The van der Waals surface area contributed by atoms with Crippen LogP contribution in [0, 0.1) is 0 Å². The summed E-state index contributed by atoms with van der Waals surface area (Å²) in [5.41, 5.74) is 3.62. The van der Waals surface area contributed by atoms with E-state index >= 15 is 0 Å². The molecule has 0 radical (unpaired) electrons. The molecule has 2 N–H and O–H groups in total. The third kappa shape index (κ3) is 4.82. The molecule has 2 heterocycles. The van der Waals surface area contributed by atoms with Crippen molar-refractivity contribution in [3.8, 4) is 11.4 Å². The van der Waals surface area contributed by atoms with E-state index in [9.17, 15) is 9.59 Å². The first-order valence-corrected chi connectivity index (χ1v) is 9.63. The Kier molecular flexibility index (Phi) is 5.56. The number of aromatic nitrogens is 2. The lowest BCUT2D eigenvalue weighted by Crippen LogP contribution is -2.18. The van der Waals surface area contributed by atoms with Crippen LogP contribution in [0.15, 0.2) is 60.9 Å². The zero-order valence-corrected chi connectivity index (χ0v) is 15.9. The summed E-state index contributed by atoms with van der Waals surface area (Å²) in [5, 5.41) is 9.92. The summed E-state index contributed by atoms with van der Waals surface area (Å²) in [6, 6.07) is 15.0. The molecule has 2 aromatic carbocycles. The third-order valence-corrected chi connectivity index (χ3v) is 4.71. The molecule has 0 unspecified atom stereocenters. The van der Waals surface area contributed by atoms with E-state index in [1.54, 1.807) is 10.9 Å². The standard InChI is InChI=1S/C22H22N4O3/c27-21(24-17-5-7-18(8-6-17)26-13-2-12-23-26)3-1-14-29-19-9-10-20-16(15-19)4-11-22(28)25-20/h2,5-10,12-13,15H,1,3-4,11,14H2,(H,24,27)(H,25,28). The maximum atomic E-state index is 12.1. The van der Waals surface area contributed by atoms with Crippen LogP contribution in [0.25, 0.3) is 5.69 Å². The van der Waals surface area contributed by atoms with Crippen LogP contribution in [0.2, 0.25) is 0 Å². The van der Waals surface area contributed by atoms with Crippen LogP contribution in [0.5, 0.6) is 5.75 Å². The lowest BCUT2D eigenvalue weighted by Gasteiger charge is -2.17. The molecule has 0 fully saturated rings. The summed E-state index contributed by atoms with van der Waals surface area (Å²) in [7, 11) is 0. The van der Waals surface area contributed by atoms with Crippen LogP contribution in [-0.4, -0.2) is 28.2 Å². The zero-order valence-electron chi connectivity index (χ0n) is 15.9. The first kappa shape index (κ1) is 18.7. The van der Waals surface area contributed by atoms with Gasteiger partial charge in [0, 0.05) is 36.6 Å². The van der Waals surface area contributed by atoms with Crippen LogP contribution >= 0.6 is 0 Å². The van der Waals surface area contributed by atoms with Gasteiger partial charge in [-0.25, -0.2) is 4.68 Å². The van der Waals surface area contributed by atoms with Gasteiger partial charge in [0.15, 0.2) is 0 Å². The molecule has 3 aromatic rings. The van der Waals surface area contributed by atoms with Crippen molar-refractivity contribution in [3.05, 3.63) is 66.5 Å². The number of fused-ring (bicyclic) bond motifs is 1. The van der Waals surface area contributed by atoms with Crippen molar-refractivity contribution in [3.63, 3.8) is 0 Å². The number of amides is 2. The van der Waals surface area contributed by atoms with E-state index in [0.717, 1.165) is 34.8 Å². The van der Waals surface area contributed by atoms with Gasteiger partial charge in [0.25, 0.3) is 0 Å². The first-order valence-electron chi connectivity index (χ1n) is 9.63. The van der Waals surface area contributed by atoms with E-state index in [1.165, 1.54) is 0 Å². The van der Waals surface area contributed by atoms with Gasteiger partial charge in [0.1, 0.15) is 5.75 Å². The van der Waals surface area contributed by atoms with Crippen molar-refractivity contribution in [1.29, 1.82) is 0 Å². The van der Waals surface area contributed by atoms with Crippen LogP contribution in [0.4, 0.5) is 11.4 Å². The molecule has 1 aromatic heterocycles. The fourth-order valence-electron chi connectivity index (χ4n) is 3.21. The molecular weight excluding hydrogens is 368 g/mol.